The molecule has 0 aromatic carbocycles. The number of nitrogens with zero attached hydrogens (tertiary/aromatic N) is 4. The van der Waals surface area contributed by atoms with E-state index in [1.54, 1.807) is 55.6 Å². The summed E-state index contributed by atoms with van der Waals surface area (Å²) in [5.74, 6) is -3.22. The number of rotatable bonds is 16. The number of aliphatic hydroxyl groups excluding tert-OH is 1. The number of carbonyl (C=O) groups is 5. The van der Waals surface area contributed by atoms with Crippen LogP contribution in [0.4, 0.5) is 22.0 Å². The number of pyridine rings is 2. The van der Waals surface area contributed by atoms with E-state index in [-0.39, 0.29) is 124 Å². The Labute approximate surface area is 431 Å². The number of aliphatic carboxylic acids is 1. The van der Waals surface area contributed by atoms with Crippen LogP contribution in [0.25, 0.3) is 0 Å². The van der Waals surface area contributed by atoms with Crippen molar-refractivity contribution in [2.75, 3.05) is 53.5 Å². The number of carbonyl (C=O) groups excluding carboxylic acids is 4. The summed E-state index contributed by atoms with van der Waals surface area (Å²) in [6, 6.07) is 5.70. The molecule has 2 aromatic rings. The number of esters is 2. The van der Waals surface area contributed by atoms with Gasteiger partial charge < -0.3 is 35.1 Å². The number of hydrogen-bond donors (Lipinski definition) is 4. The summed E-state index contributed by atoms with van der Waals surface area (Å²) in [7, 11) is -4.08. The molecule has 0 radical (unpaired) electrons. The van der Waals surface area contributed by atoms with Gasteiger partial charge in [-0.15, -0.1) is 0 Å². The zero-order chi connectivity index (χ0) is 56.1. The zero-order valence-corrected chi connectivity index (χ0v) is 44.2. The monoisotopic (exact) mass is 1120 g/mol. The number of piperidine rings is 2. The van der Waals surface area contributed by atoms with Crippen molar-refractivity contribution < 1.29 is 87.2 Å². The molecule has 2 aliphatic carbocycles. The molecule has 2 unspecified atom stereocenters. The lowest BCUT2D eigenvalue weighted by Crippen LogP contribution is -2.34. The van der Waals surface area contributed by atoms with Gasteiger partial charge in [-0.25, -0.2) is 40.4 Å². The second-order valence-corrected chi connectivity index (χ2v) is 23.4. The van der Waals surface area contributed by atoms with Crippen LogP contribution < -0.4 is 15.4 Å². The van der Waals surface area contributed by atoms with E-state index in [2.05, 4.69) is 20.6 Å². The minimum atomic E-state index is -5.08. The van der Waals surface area contributed by atoms with Crippen molar-refractivity contribution in [3.63, 3.8) is 0 Å². The van der Waals surface area contributed by atoms with Crippen molar-refractivity contribution in [2.24, 2.45) is 35.5 Å². The normalized spacial score (nSPS) is 21.6. The first-order chi connectivity index (χ1) is 34.2. The third-order valence-electron chi connectivity index (χ3n) is 11.4. The number of nitrogens with one attached hydrogen (secondary N) is 2. The molecular formula is C46H62ClF5N6O14S2. The maximum absolute atomic E-state index is 13.2. The Hall–Kier alpha value is -5.35. The zero-order valence-electron chi connectivity index (χ0n) is 41.8. The molecule has 414 valence electrons. The molecule has 0 spiro atoms. The number of hydrogen-bond acceptors (Lipinski definition) is 15. The summed E-state index contributed by atoms with van der Waals surface area (Å²) >= 11 is 5.66. The quantitative estimate of drug-likeness (QED) is 0.0980. The molecule has 28 heteroatoms. The van der Waals surface area contributed by atoms with Crippen LogP contribution in [0.1, 0.15) is 67.2 Å². The third-order valence-corrected chi connectivity index (χ3v) is 15.3. The molecule has 4 N–H and O–H groups in total. The standard InChI is InChI=1S/C22H30FN3O6S.C12H14ClN3O3S.C10H17FO3.C2HF3O2/c1-22(2,3)32-19(27)8-5-14(9-23)13-31-18-7-6-15(10-25-18)33(29,30)26-11-16-17(12-26)20(16)21(28)24-4;1-14-12(17)11-8-5-16(6-9(8)11)20(18,19)7-2-3-10(13)15-4-7;1-10(2,3)14-9(13)5-4-8(6-11)7-12;3-2(4,5)1(6)7/h6-7,9-10,16-17,20H,5,8,11-13H2,1-4H3,(H,24,28);2-4,8-9,11H,5-6H2,1H3,(H,14,17);6,12H,4-5,7H2,1-3H3;(H,6,7)/t16-,17+,20?;8-,9+,11?;;. The predicted molar refractivity (Wildman–Crippen MR) is 255 cm³/mol. The minimum Gasteiger partial charge on any atom is -0.475 e. The van der Waals surface area contributed by atoms with Gasteiger partial charge in [-0.05, 0) is 107 Å². The summed E-state index contributed by atoms with van der Waals surface area (Å²) in [4.78, 5) is 63.1. The maximum Gasteiger partial charge on any atom is 0.490 e. The molecule has 74 heavy (non-hydrogen) atoms. The van der Waals surface area contributed by atoms with Crippen molar-refractivity contribution >= 4 is 61.4 Å². The van der Waals surface area contributed by atoms with Crippen LogP contribution in [0, 0.1) is 35.5 Å². The number of aliphatic hydroxyl groups is 1. The molecule has 2 saturated heterocycles. The Bertz CT molecular complexity index is 2550. The lowest BCUT2D eigenvalue weighted by molar-refractivity contribution is -0.192. The highest BCUT2D eigenvalue weighted by Gasteiger charge is 2.62. The van der Waals surface area contributed by atoms with E-state index in [4.69, 9.17) is 40.8 Å². The van der Waals surface area contributed by atoms with Crippen molar-refractivity contribution in [3.05, 3.63) is 65.6 Å². The highest BCUT2D eigenvalue weighted by Crippen LogP contribution is 2.53. The number of aromatic nitrogens is 2. The largest absolute Gasteiger partial charge is 0.490 e. The van der Waals surface area contributed by atoms with Crippen molar-refractivity contribution in [3.8, 4) is 5.88 Å². The molecule has 4 heterocycles. The molecule has 20 nitrogen and oxygen atoms in total. The highest BCUT2D eigenvalue weighted by molar-refractivity contribution is 7.89. The van der Waals surface area contributed by atoms with Crippen molar-refractivity contribution in [1.29, 1.82) is 0 Å². The molecular weight excluding hydrogens is 1060 g/mol. The van der Waals surface area contributed by atoms with Gasteiger partial charge in [-0.2, -0.15) is 21.8 Å². The van der Waals surface area contributed by atoms with Crippen LogP contribution in [0.5, 0.6) is 5.88 Å². The molecule has 0 bridgehead atoms. The molecule has 6 rings (SSSR count). The van der Waals surface area contributed by atoms with E-state index in [1.807, 2.05) is 0 Å². The van der Waals surface area contributed by atoms with Gasteiger partial charge in [0.1, 0.15) is 32.8 Å². The molecule has 2 amide bonds. The highest BCUT2D eigenvalue weighted by atomic mass is 35.5. The fraction of sp³-hybridized carbons (Fsp3) is 0.587. The third kappa shape index (κ3) is 18.8. The number of alkyl halides is 3. The van der Waals surface area contributed by atoms with E-state index in [9.17, 15) is 58.0 Å². The molecule has 4 aliphatic rings. The second kappa shape index (κ2) is 26.4. The van der Waals surface area contributed by atoms with Crippen LogP contribution in [0.15, 0.2) is 70.3 Å². The number of sulfonamides is 2. The first-order valence-electron chi connectivity index (χ1n) is 22.8. The van der Waals surface area contributed by atoms with Gasteiger partial charge in [0.05, 0.1) is 25.5 Å². The Balaban J connectivity index is 0.000000298. The lowest BCUT2D eigenvalue weighted by atomic mass is 10.1. The van der Waals surface area contributed by atoms with Crippen molar-refractivity contribution in [2.45, 2.75) is 94.4 Å². The minimum absolute atomic E-state index is 0.00482. The van der Waals surface area contributed by atoms with Crippen LogP contribution >= 0.6 is 11.6 Å². The number of fused-ring (bicyclic) bond motifs is 2. The number of carboxylic acids is 1. The first-order valence-corrected chi connectivity index (χ1v) is 26.0. The van der Waals surface area contributed by atoms with Gasteiger partial charge in [0.25, 0.3) is 0 Å². The SMILES string of the molecule is CC(C)(C)OC(=O)CCC(=CF)CO.CNC(=O)C1[C@H]2CN(S(=O)(=O)c3ccc(Cl)nc3)C[C@@H]12.CNC(=O)C1[C@H]2CN(S(=O)(=O)c3ccc(OCC(=CF)CCC(=O)OC(C)(C)C)nc3)C[C@@H]12.O=C(O)C(F)(F)F. The van der Waals surface area contributed by atoms with Gasteiger partial charge in [-0.3, -0.25) is 19.2 Å². The fourth-order valence-corrected chi connectivity index (χ4v) is 10.7. The lowest BCUT2D eigenvalue weighted by Gasteiger charge is -2.19. The van der Waals surface area contributed by atoms with Gasteiger partial charge >= 0.3 is 24.1 Å². The maximum atomic E-state index is 13.2. The van der Waals surface area contributed by atoms with Gasteiger partial charge in [-0.1, -0.05) is 11.6 Å². The van der Waals surface area contributed by atoms with Gasteiger partial charge in [0, 0.05) is 77.2 Å². The number of carboxylic acid groups (broad SMARTS) is 1. The average molecular weight is 1120 g/mol. The van der Waals surface area contributed by atoms with E-state index < -0.39 is 49.4 Å². The number of halogens is 6. The summed E-state index contributed by atoms with van der Waals surface area (Å²) in [5, 5.41) is 21.2. The van der Waals surface area contributed by atoms with Crippen LogP contribution in [0.2, 0.25) is 5.15 Å². The Morgan fingerprint density at radius 1 is 0.689 bits per heavy atom. The van der Waals surface area contributed by atoms with Crippen LogP contribution in [0.3, 0.4) is 0 Å². The Kier molecular flexibility index (Phi) is 22.5. The smallest absolute Gasteiger partial charge is 0.475 e. The molecule has 4 fully saturated rings. The van der Waals surface area contributed by atoms with Crippen LogP contribution in [-0.4, -0.2) is 146 Å². The van der Waals surface area contributed by atoms with E-state index in [1.165, 1.54) is 45.3 Å². The topological polar surface area (TPSA) is 278 Å². The summed E-state index contributed by atoms with van der Waals surface area (Å²) < 4.78 is 126. The summed E-state index contributed by atoms with van der Waals surface area (Å²) in [5.41, 5.74) is -0.673. The fourth-order valence-electron chi connectivity index (χ4n) is 7.70. The van der Waals surface area contributed by atoms with E-state index in [0.29, 0.717) is 38.8 Å². The Morgan fingerprint density at radius 2 is 1.07 bits per heavy atom. The van der Waals surface area contributed by atoms with Gasteiger partial charge in [0.2, 0.25) is 37.7 Å². The molecule has 2 aliphatic heterocycles. The number of ether oxygens (including phenoxy) is 3. The summed E-state index contributed by atoms with van der Waals surface area (Å²) in [6.45, 7) is 11.5. The molecule has 6 atom stereocenters. The van der Waals surface area contributed by atoms with Crippen molar-refractivity contribution in [1.82, 2.24) is 29.2 Å². The van der Waals surface area contributed by atoms with E-state index in [0.717, 1.165) is 0 Å². The summed E-state index contributed by atoms with van der Waals surface area (Å²) in [6.07, 6.45) is -1.48. The molecule has 2 aromatic heterocycles. The number of amides is 2. The molecule has 2 saturated carbocycles. The first kappa shape index (κ1) is 62.9. The Morgan fingerprint density at radius 3 is 1.36 bits per heavy atom. The predicted octanol–water partition coefficient (Wildman–Crippen LogP) is 4.98. The van der Waals surface area contributed by atoms with Gasteiger partial charge in [0.15, 0.2) is 0 Å². The second-order valence-electron chi connectivity index (χ2n) is 19.2. The average Bonchev–Trinajstić information content (AvgIpc) is 4.03. The van der Waals surface area contributed by atoms with E-state index >= 15 is 0 Å². The van der Waals surface area contributed by atoms with Crippen LogP contribution in [-0.2, 0) is 53.5 Å².